The number of nitro benzene ring substituents is 1. The summed E-state index contributed by atoms with van der Waals surface area (Å²) in [7, 11) is -1.52. The molecule has 2 aromatic carbocycles. The Labute approximate surface area is 200 Å². The van der Waals surface area contributed by atoms with E-state index in [1.54, 1.807) is 25.2 Å². The fraction of sp³-hybridized carbons (Fsp3) is 0.409. The monoisotopic (exact) mass is 502 g/mol. The van der Waals surface area contributed by atoms with Gasteiger partial charge in [0.05, 0.1) is 29.3 Å². The van der Waals surface area contributed by atoms with E-state index >= 15 is 0 Å². The zero-order valence-corrected chi connectivity index (χ0v) is 19.8. The van der Waals surface area contributed by atoms with Crippen LogP contribution in [0.1, 0.15) is 28.4 Å². The van der Waals surface area contributed by atoms with Gasteiger partial charge in [-0.05, 0) is 18.2 Å². The summed E-state index contributed by atoms with van der Waals surface area (Å²) in [5.41, 5.74) is 0.530. The molecule has 0 radical (unpaired) electrons. The molecule has 4 aliphatic rings. The van der Waals surface area contributed by atoms with E-state index in [2.05, 4.69) is 0 Å². The Kier molecular flexibility index (Phi) is 5.22. The van der Waals surface area contributed by atoms with Crippen LogP contribution in [-0.2, 0) is 9.09 Å². The van der Waals surface area contributed by atoms with Gasteiger partial charge in [0.2, 0.25) is 5.75 Å². The number of benzene rings is 2. The second kappa shape index (κ2) is 8.20. The summed E-state index contributed by atoms with van der Waals surface area (Å²) in [5, 5.41) is 11.9. The second-order valence-corrected chi connectivity index (χ2v) is 11.1. The maximum Gasteiger partial charge on any atom is 0.346 e. The van der Waals surface area contributed by atoms with Crippen LogP contribution >= 0.6 is 7.67 Å². The van der Waals surface area contributed by atoms with Crippen LogP contribution in [0.25, 0.3) is 0 Å². The number of carbonyl (C=O) groups is 1. The van der Waals surface area contributed by atoms with E-state index in [1.807, 2.05) is 9.34 Å². The van der Waals surface area contributed by atoms with Gasteiger partial charge in [0.1, 0.15) is 5.75 Å². The first-order valence-corrected chi connectivity index (χ1v) is 12.8. The lowest BCUT2D eigenvalue weighted by Crippen LogP contribution is -2.35. The predicted molar refractivity (Wildman–Crippen MR) is 122 cm³/mol. The first-order chi connectivity index (χ1) is 16.8. The standard InChI is InChI=1S/C22H23N4O8P/c1-23-13-32-21-14(22(23)27)3-2-4-18(21)33-20-11-15-17(5-10-31-19(15)12-16(20)26(28)29)34-35(30,24-6-7-24)25-8-9-25/h2-4,11-12,17H,5-10,13H2,1H3. The fourth-order valence-electron chi connectivity index (χ4n) is 4.24. The fourth-order valence-corrected chi connectivity index (χ4v) is 6.60. The SMILES string of the molecule is CN1COc2c(Oc3cc4c(cc3[N+](=O)[O-])OCCC4OP(=O)(N3CC3)N3CC3)cccc2C1=O. The first kappa shape index (κ1) is 22.3. The summed E-state index contributed by atoms with van der Waals surface area (Å²) < 4.78 is 40.8. The molecule has 1 unspecified atom stereocenters. The molecule has 2 aromatic rings. The molecule has 6 rings (SSSR count). The Bertz CT molecular complexity index is 1260. The number of carbonyl (C=O) groups excluding carboxylic acids is 1. The van der Waals surface area contributed by atoms with Gasteiger partial charge in [-0.3, -0.25) is 24.0 Å². The molecule has 0 N–H and O–H groups in total. The van der Waals surface area contributed by atoms with Crippen molar-refractivity contribution in [3.8, 4) is 23.0 Å². The number of hydrogen-bond acceptors (Lipinski definition) is 8. The normalized spacial score (nSPS) is 21.5. The molecule has 0 aromatic heterocycles. The van der Waals surface area contributed by atoms with Gasteiger partial charge in [-0.2, -0.15) is 0 Å². The quantitative estimate of drug-likeness (QED) is 0.241. The molecule has 35 heavy (non-hydrogen) atoms. The van der Waals surface area contributed by atoms with Gasteiger partial charge in [0.15, 0.2) is 18.2 Å². The third-order valence-electron chi connectivity index (χ3n) is 6.28. The van der Waals surface area contributed by atoms with Crippen molar-refractivity contribution in [2.75, 3.05) is 46.6 Å². The number of hydrogen-bond donors (Lipinski definition) is 0. The second-order valence-electron chi connectivity index (χ2n) is 8.76. The van der Waals surface area contributed by atoms with Crippen LogP contribution in [-0.4, -0.2) is 71.6 Å². The molecule has 0 bridgehead atoms. The summed E-state index contributed by atoms with van der Waals surface area (Å²) in [6, 6.07) is 7.62. The Hall–Kier alpha value is -3.18. The summed E-state index contributed by atoms with van der Waals surface area (Å²) in [4.78, 5) is 25.2. The van der Waals surface area contributed by atoms with Gasteiger partial charge in [-0.15, -0.1) is 0 Å². The molecule has 1 atom stereocenters. The van der Waals surface area contributed by atoms with Crippen molar-refractivity contribution in [3.63, 3.8) is 0 Å². The number of amides is 1. The maximum absolute atomic E-state index is 13.6. The number of fused-ring (bicyclic) bond motifs is 2. The number of rotatable bonds is 7. The van der Waals surface area contributed by atoms with E-state index in [-0.39, 0.29) is 42.2 Å². The smallest absolute Gasteiger partial charge is 0.346 e. The van der Waals surface area contributed by atoms with Crippen LogP contribution in [0.2, 0.25) is 0 Å². The Morgan fingerprint density at radius 1 is 1.11 bits per heavy atom. The lowest BCUT2D eigenvalue weighted by Gasteiger charge is -2.30. The van der Waals surface area contributed by atoms with Crippen LogP contribution in [0.3, 0.4) is 0 Å². The molecule has 184 valence electrons. The molecule has 0 aliphatic carbocycles. The predicted octanol–water partition coefficient (Wildman–Crippen LogP) is 3.39. The summed E-state index contributed by atoms with van der Waals surface area (Å²) in [6.07, 6.45) is -0.134. The van der Waals surface area contributed by atoms with Crippen LogP contribution < -0.4 is 14.2 Å². The highest BCUT2D eigenvalue weighted by molar-refractivity contribution is 7.54. The number of ether oxygens (including phenoxy) is 3. The van der Waals surface area contributed by atoms with Gasteiger partial charge in [0.25, 0.3) is 5.91 Å². The minimum atomic E-state index is -3.13. The largest absolute Gasteiger partial charge is 0.493 e. The van der Waals surface area contributed by atoms with E-state index in [9.17, 15) is 19.5 Å². The Morgan fingerprint density at radius 3 is 2.54 bits per heavy atom. The van der Waals surface area contributed by atoms with E-state index in [4.69, 9.17) is 18.7 Å². The highest BCUT2D eigenvalue weighted by Gasteiger charge is 2.51. The van der Waals surface area contributed by atoms with Gasteiger partial charge in [0, 0.05) is 45.2 Å². The molecule has 2 saturated heterocycles. The summed E-state index contributed by atoms with van der Waals surface area (Å²) >= 11 is 0. The molecule has 4 heterocycles. The van der Waals surface area contributed by atoms with Gasteiger partial charge < -0.3 is 19.1 Å². The van der Waals surface area contributed by atoms with Crippen molar-refractivity contribution in [1.29, 1.82) is 0 Å². The zero-order valence-electron chi connectivity index (χ0n) is 18.9. The third kappa shape index (κ3) is 3.92. The van der Waals surface area contributed by atoms with Crippen LogP contribution in [0.4, 0.5) is 5.69 Å². The summed E-state index contributed by atoms with van der Waals surface area (Å²) in [5.74, 6) is 0.412. The molecule has 0 spiro atoms. The highest BCUT2D eigenvalue weighted by atomic mass is 31.2. The minimum Gasteiger partial charge on any atom is -0.493 e. The highest BCUT2D eigenvalue weighted by Crippen LogP contribution is 2.64. The van der Waals surface area contributed by atoms with Crippen molar-refractivity contribution in [1.82, 2.24) is 14.2 Å². The Morgan fingerprint density at radius 2 is 1.86 bits per heavy atom. The van der Waals surface area contributed by atoms with Crippen molar-refractivity contribution in [2.45, 2.75) is 12.5 Å². The molecular formula is C22H23N4O8P. The minimum absolute atomic E-state index is 0.0323. The van der Waals surface area contributed by atoms with Gasteiger partial charge >= 0.3 is 13.4 Å². The van der Waals surface area contributed by atoms with Crippen molar-refractivity contribution < 1.29 is 33.0 Å². The summed E-state index contributed by atoms with van der Waals surface area (Å²) in [6.45, 7) is 3.17. The van der Waals surface area contributed by atoms with Crippen molar-refractivity contribution >= 4 is 19.3 Å². The molecule has 0 saturated carbocycles. The molecular weight excluding hydrogens is 479 g/mol. The van der Waals surface area contributed by atoms with E-state index < -0.39 is 18.7 Å². The van der Waals surface area contributed by atoms with Crippen molar-refractivity contribution in [2.24, 2.45) is 0 Å². The number of nitrogens with zero attached hydrogens (tertiary/aromatic N) is 4. The molecule has 13 heteroatoms. The van der Waals surface area contributed by atoms with Crippen LogP contribution in [0.15, 0.2) is 30.3 Å². The van der Waals surface area contributed by atoms with Gasteiger partial charge in [-0.1, -0.05) is 6.07 Å². The lowest BCUT2D eigenvalue weighted by molar-refractivity contribution is -0.385. The molecule has 2 fully saturated rings. The number of nitro groups is 1. The average Bonchev–Trinajstić information content (AvgIpc) is 3.74. The van der Waals surface area contributed by atoms with Crippen LogP contribution in [0.5, 0.6) is 23.0 Å². The third-order valence-corrected chi connectivity index (χ3v) is 9.04. The molecule has 12 nitrogen and oxygen atoms in total. The van der Waals surface area contributed by atoms with Crippen molar-refractivity contribution in [3.05, 3.63) is 51.6 Å². The lowest BCUT2D eigenvalue weighted by atomic mass is 10.0. The molecule has 1 amide bonds. The van der Waals surface area contributed by atoms with E-state index in [0.29, 0.717) is 49.5 Å². The van der Waals surface area contributed by atoms with E-state index in [1.165, 1.54) is 17.0 Å². The average molecular weight is 502 g/mol. The Balaban J connectivity index is 1.37. The topological polar surface area (TPSA) is 123 Å². The number of para-hydroxylation sites is 1. The molecule has 4 aliphatic heterocycles. The zero-order chi connectivity index (χ0) is 24.3. The maximum atomic E-state index is 13.6. The van der Waals surface area contributed by atoms with Crippen LogP contribution in [0, 0.1) is 10.1 Å². The first-order valence-electron chi connectivity index (χ1n) is 11.3. The van der Waals surface area contributed by atoms with E-state index in [0.717, 1.165) is 0 Å². The van der Waals surface area contributed by atoms with Gasteiger partial charge in [-0.25, -0.2) is 9.34 Å².